The number of nitrogens with zero attached hydrogens (tertiary/aromatic N) is 3. The van der Waals surface area contributed by atoms with Crippen molar-refractivity contribution in [3.05, 3.63) is 58.7 Å². The lowest BCUT2D eigenvalue weighted by molar-refractivity contribution is 0.0832. The average molecular weight is 497 g/mol. The van der Waals surface area contributed by atoms with Gasteiger partial charge in [0.05, 0.1) is 22.5 Å². The number of carboxylic acid groups (broad SMARTS) is 1. The summed E-state index contributed by atoms with van der Waals surface area (Å²) in [5.41, 5.74) is -1.18. The van der Waals surface area contributed by atoms with Gasteiger partial charge in [-0.3, -0.25) is 9.20 Å². The smallest absolute Gasteiger partial charge is 0.405 e. The molecule has 0 aliphatic rings. The van der Waals surface area contributed by atoms with Gasteiger partial charge in [-0.15, -0.1) is 0 Å². The Balaban J connectivity index is 1.88. The molecule has 0 spiro atoms. The molecule has 9 nitrogen and oxygen atoms in total. The maximum absolute atomic E-state index is 14.0. The van der Waals surface area contributed by atoms with Crippen LogP contribution in [0, 0.1) is 25.5 Å². The monoisotopic (exact) mass is 497 g/mol. The summed E-state index contributed by atoms with van der Waals surface area (Å²) < 4.78 is 60.7. The van der Waals surface area contributed by atoms with Crippen molar-refractivity contribution in [2.75, 3.05) is 6.54 Å². The first-order valence-electron chi connectivity index (χ1n) is 10.4. The first-order chi connectivity index (χ1) is 16.4. The molecule has 0 bridgehead atoms. The fourth-order valence-electron chi connectivity index (χ4n) is 3.55. The Bertz CT molecular complexity index is 1250. The number of carbonyl (C=O) groups is 2. The van der Waals surface area contributed by atoms with Crippen LogP contribution in [0.25, 0.3) is 5.65 Å². The van der Waals surface area contributed by atoms with Gasteiger partial charge in [-0.05, 0) is 32.9 Å². The minimum absolute atomic E-state index is 0.0298. The average Bonchev–Trinajstić information content (AvgIpc) is 3.06. The molecule has 0 saturated carbocycles. The number of halogens is 4. The number of ether oxygens (including phenoxy) is 1. The number of aromatic nitrogens is 3. The van der Waals surface area contributed by atoms with Gasteiger partial charge < -0.3 is 20.5 Å². The number of rotatable bonds is 9. The van der Waals surface area contributed by atoms with E-state index in [1.807, 2.05) is 5.32 Å². The second-order valence-corrected chi connectivity index (χ2v) is 8.18. The van der Waals surface area contributed by atoms with E-state index in [0.717, 1.165) is 12.1 Å². The van der Waals surface area contributed by atoms with E-state index in [1.54, 1.807) is 6.92 Å². The highest BCUT2D eigenvalue weighted by molar-refractivity contribution is 5.95. The van der Waals surface area contributed by atoms with Crippen molar-refractivity contribution >= 4 is 17.6 Å². The molecule has 3 N–H and O–H groups in total. The summed E-state index contributed by atoms with van der Waals surface area (Å²) in [6.45, 7) is 3.46. The molecule has 2 amide bonds. The lowest BCUT2D eigenvalue weighted by Gasteiger charge is -2.29. The number of benzene rings is 1. The van der Waals surface area contributed by atoms with Crippen LogP contribution in [0.3, 0.4) is 0 Å². The van der Waals surface area contributed by atoms with Crippen LogP contribution in [0.4, 0.5) is 22.4 Å². The van der Waals surface area contributed by atoms with Crippen LogP contribution < -0.4 is 15.4 Å². The fraction of sp³-hybridized carbons (Fsp3) is 0.364. The normalized spacial score (nSPS) is 13.0. The van der Waals surface area contributed by atoms with E-state index >= 15 is 0 Å². The summed E-state index contributed by atoms with van der Waals surface area (Å²) in [4.78, 5) is 32.5. The summed E-state index contributed by atoms with van der Waals surface area (Å²) in [6.07, 6.45) is -3.66. The Hall–Kier alpha value is -3.90. The second-order valence-electron chi connectivity index (χ2n) is 8.18. The second kappa shape index (κ2) is 10.2. The molecular formula is C22H23F4N5O4. The molecule has 0 radical (unpaired) electrons. The molecule has 0 fully saturated rings. The first kappa shape index (κ1) is 25.7. The molecule has 13 heteroatoms. The molecule has 3 rings (SSSR count). The molecule has 0 aliphatic heterocycles. The van der Waals surface area contributed by atoms with E-state index in [4.69, 9.17) is 9.84 Å². The SMILES string of the molecule is Cc1cn2c(C(=O)NCC(C)(CC(F)F)NC(=O)O)c(C)nc2c(OCc2c(F)cccc2F)n1. The molecule has 3 aromatic rings. The molecule has 188 valence electrons. The Kier molecular flexibility index (Phi) is 7.46. The van der Waals surface area contributed by atoms with Gasteiger partial charge in [-0.2, -0.15) is 0 Å². The van der Waals surface area contributed by atoms with Crippen LogP contribution in [-0.4, -0.2) is 50.0 Å². The molecule has 1 unspecified atom stereocenters. The lowest BCUT2D eigenvalue weighted by atomic mass is 9.98. The third kappa shape index (κ3) is 5.97. The van der Waals surface area contributed by atoms with Gasteiger partial charge >= 0.3 is 6.09 Å². The van der Waals surface area contributed by atoms with Gasteiger partial charge in [-0.25, -0.2) is 32.3 Å². The summed E-state index contributed by atoms with van der Waals surface area (Å²) in [7, 11) is 0. The minimum Gasteiger partial charge on any atom is -0.470 e. The van der Waals surface area contributed by atoms with E-state index in [9.17, 15) is 27.2 Å². The Morgan fingerprint density at radius 1 is 1.20 bits per heavy atom. The Morgan fingerprint density at radius 2 is 1.86 bits per heavy atom. The number of imidazole rings is 1. The van der Waals surface area contributed by atoms with Gasteiger partial charge in [0.2, 0.25) is 12.1 Å². The number of aryl methyl sites for hydroxylation is 2. The zero-order valence-electron chi connectivity index (χ0n) is 19.0. The standard InChI is InChI=1S/C22H23F4N5O4/c1-11-8-31-17(19(32)27-10-22(3,7-16(25)26)30-21(33)34)12(2)29-18(31)20(28-11)35-9-13-14(23)5-4-6-15(13)24/h4-6,8,16,30H,7,9-10H2,1-3H3,(H,27,32)(H,33,34). The molecule has 2 aromatic heterocycles. The van der Waals surface area contributed by atoms with Crippen molar-refractivity contribution in [2.24, 2.45) is 0 Å². The quantitative estimate of drug-likeness (QED) is 0.389. The van der Waals surface area contributed by atoms with Crippen molar-refractivity contribution in [2.45, 2.75) is 45.8 Å². The van der Waals surface area contributed by atoms with Crippen LogP contribution in [0.15, 0.2) is 24.4 Å². The Morgan fingerprint density at radius 3 is 2.46 bits per heavy atom. The number of hydrogen-bond acceptors (Lipinski definition) is 5. The van der Waals surface area contributed by atoms with E-state index in [0.29, 0.717) is 5.69 Å². The van der Waals surface area contributed by atoms with Crippen LogP contribution >= 0.6 is 0 Å². The third-order valence-corrected chi connectivity index (χ3v) is 5.15. The molecule has 0 saturated heterocycles. The number of carbonyl (C=O) groups excluding carboxylic acids is 1. The zero-order chi connectivity index (χ0) is 25.9. The summed E-state index contributed by atoms with van der Waals surface area (Å²) in [5, 5.41) is 13.4. The molecule has 35 heavy (non-hydrogen) atoms. The predicted molar refractivity (Wildman–Crippen MR) is 116 cm³/mol. The summed E-state index contributed by atoms with van der Waals surface area (Å²) in [5.74, 6) is -2.38. The van der Waals surface area contributed by atoms with E-state index in [-0.39, 0.29) is 28.5 Å². The van der Waals surface area contributed by atoms with Crippen molar-refractivity contribution < 1.29 is 37.0 Å². The highest BCUT2D eigenvalue weighted by Gasteiger charge is 2.32. The molecule has 0 aliphatic carbocycles. The number of nitrogens with one attached hydrogen (secondary N) is 2. The molecule has 1 atom stereocenters. The highest BCUT2D eigenvalue weighted by Crippen LogP contribution is 2.23. The van der Waals surface area contributed by atoms with Crippen molar-refractivity contribution in [1.29, 1.82) is 0 Å². The van der Waals surface area contributed by atoms with Crippen molar-refractivity contribution in [3.63, 3.8) is 0 Å². The molecule has 1 aromatic carbocycles. The largest absolute Gasteiger partial charge is 0.470 e. The van der Waals surface area contributed by atoms with Gasteiger partial charge in [0, 0.05) is 19.2 Å². The van der Waals surface area contributed by atoms with Crippen LogP contribution in [-0.2, 0) is 6.61 Å². The number of hydrogen-bond donors (Lipinski definition) is 3. The van der Waals surface area contributed by atoms with Gasteiger partial charge in [0.25, 0.3) is 11.8 Å². The van der Waals surface area contributed by atoms with Crippen molar-refractivity contribution in [3.8, 4) is 5.88 Å². The molecule has 2 heterocycles. The van der Waals surface area contributed by atoms with Gasteiger partial charge in [0.15, 0.2) is 0 Å². The van der Waals surface area contributed by atoms with Crippen molar-refractivity contribution in [1.82, 2.24) is 25.0 Å². The third-order valence-electron chi connectivity index (χ3n) is 5.15. The van der Waals surface area contributed by atoms with E-state index < -0.39 is 55.2 Å². The van der Waals surface area contributed by atoms with Crippen LogP contribution in [0.2, 0.25) is 0 Å². The Labute approximate surface area is 197 Å². The highest BCUT2D eigenvalue weighted by atomic mass is 19.3. The van der Waals surface area contributed by atoms with Crippen LogP contribution in [0.1, 0.15) is 40.8 Å². The maximum Gasteiger partial charge on any atom is 0.405 e. The summed E-state index contributed by atoms with van der Waals surface area (Å²) >= 11 is 0. The zero-order valence-corrected chi connectivity index (χ0v) is 19.0. The lowest BCUT2D eigenvalue weighted by Crippen LogP contribution is -2.54. The van der Waals surface area contributed by atoms with E-state index in [1.165, 1.54) is 30.5 Å². The number of alkyl halides is 2. The van der Waals surface area contributed by atoms with Gasteiger partial charge in [-0.1, -0.05) is 6.07 Å². The first-order valence-corrected chi connectivity index (χ1v) is 10.4. The number of fused-ring (bicyclic) bond motifs is 1. The molecular weight excluding hydrogens is 474 g/mol. The van der Waals surface area contributed by atoms with Gasteiger partial charge in [0.1, 0.15) is 23.9 Å². The summed E-state index contributed by atoms with van der Waals surface area (Å²) in [6, 6.07) is 3.40. The van der Waals surface area contributed by atoms with Crippen LogP contribution in [0.5, 0.6) is 5.88 Å². The predicted octanol–water partition coefficient (Wildman–Crippen LogP) is 3.61. The maximum atomic E-state index is 14.0. The minimum atomic E-state index is -2.81. The number of amides is 2. The fourth-order valence-corrected chi connectivity index (χ4v) is 3.55. The topological polar surface area (TPSA) is 118 Å². The van der Waals surface area contributed by atoms with E-state index in [2.05, 4.69) is 15.3 Å².